The van der Waals surface area contributed by atoms with Gasteiger partial charge in [0.05, 0.1) is 26.9 Å². The maximum absolute atomic E-state index is 5.50. The average molecular weight is 349 g/mol. The largest absolute Gasteiger partial charge is 0.493 e. The summed E-state index contributed by atoms with van der Waals surface area (Å²) < 4.78 is 16.4. The molecular weight excluding hydrogens is 322 g/mol. The van der Waals surface area contributed by atoms with Crippen molar-refractivity contribution in [2.24, 2.45) is 0 Å². The Morgan fingerprint density at radius 2 is 1.67 bits per heavy atom. The van der Waals surface area contributed by atoms with Crippen molar-refractivity contribution in [1.29, 1.82) is 0 Å². The van der Waals surface area contributed by atoms with Gasteiger partial charge in [-0.3, -0.25) is 4.90 Å². The third-order valence-corrected chi connectivity index (χ3v) is 5.71. The van der Waals surface area contributed by atoms with E-state index in [-0.39, 0.29) is 5.54 Å². The SMILES string of the molecule is CCC(Cc1cc(OC)c(OC)c(OC)c1)(c1cccs1)N(C)C. The molecule has 1 aromatic heterocycles. The van der Waals surface area contributed by atoms with Gasteiger partial charge in [-0.1, -0.05) is 13.0 Å². The quantitative estimate of drug-likeness (QED) is 0.715. The average Bonchev–Trinajstić information content (AvgIpc) is 3.13. The molecule has 0 amide bonds. The first-order valence-corrected chi connectivity index (χ1v) is 8.90. The highest BCUT2D eigenvalue weighted by Crippen LogP contribution is 2.42. The summed E-state index contributed by atoms with van der Waals surface area (Å²) in [7, 11) is 9.21. The molecule has 5 heteroatoms. The third kappa shape index (κ3) is 3.37. The lowest BCUT2D eigenvalue weighted by Crippen LogP contribution is -2.42. The molecule has 2 rings (SSSR count). The van der Waals surface area contributed by atoms with Gasteiger partial charge in [0.2, 0.25) is 5.75 Å². The number of benzene rings is 1. The third-order valence-electron chi connectivity index (χ3n) is 4.64. The van der Waals surface area contributed by atoms with Crippen LogP contribution in [0.4, 0.5) is 0 Å². The summed E-state index contributed by atoms with van der Waals surface area (Å²) >= 11 is 1.80. The van der Waals surface area contributed by atoms with E-state index in [1.807, 2.05) is 12.1 Å². The molecule has 1 heterocycles. The number of nitrogens with zero attached hydrogens (tertiary/aromatic N) is 1. The Bertz CT molecular complexity index is 630. The minimum atomic E-state index is -0.0568. The van der Waals surface area contributed by atoms with Crippen molar-refractivity contribution in [2.45, 2.75) is 25.3 Å². The van der Waals surface area contributed by atoms with Gasteiger partial charge < -0.3 is 14.2 Å². The van der Waals surface area contributed by atoms with Crippen LogP contribution >= 0.6 is 11.3 Å². The zero-order chi connectivity index (χ0) is 17.7. The molecule has 0 saturated heterocycles. The van der Waals surface area contributed by atoms with E-state index in [1.165, 1.54) is 4.88 Å². The van der Waals surface area contributed by atoms with Crippen molar-refractivity contribution in [3.8, 4) is 17.2 Å². The second kappa shape index (κ2) is 7.90. The molecule has 0 N–H and O–H groups in total. The highest BCUT2D eigenvalue weighted by molar-refractivity contribution is 7.10. The number of ether oxygens (including phenoxy) is 3. The van der Waals surface area contributed by atoms with Crippen molar-refractivity contribution >= 4 is 11.3 Å². The number of likely N-dealkylation sites (N-methyl/N-ethyl adjacent to an activating group) is 1. The van der Waals surface area contributed by atoms with Gasteiger partial charge in [-0.2, -0.15) is 0 Å². The van der Waals surface area contributed by atoms with E-state index in [4.69, 9.17) is 14.2 Å². The molecule has 1 atom stereocenters. The summed E-state index contributed by atoms with van der Waals surface area (Å²) in [4.78, 5) is 3.67. The first kappa shape index (κ1) is 18.6. The van der Waals surface area contributed by atoms with Crippen molar-refractivity contribution in [1.82, 2.24) is 4.90 Å². The Morgan fingerprint density at radius 3 is 2.04 bits per heavy atom. The predicted molar refractivity (Wildman–Crippen MR) is 99.8 cm³/mol. The van der Waals surface area contributed by atoms with E-state index in [9.17, 15) is 0 Å². The van der Waals surface area contributed by atoms with Crippen molar-refractivity contribution in [3.63, 3.8) is 0 Å². The van der Waals surface area contributed by atoms with Gasteiger partial charge in [-0.15, -0.1) is 11.3 Å². The summed E-state index contributed by atoms with van der Waals surface area (Å²) in [6.07, 6.45) is 1.88. The number of hydrogen-bond donors (Lipinski definition) is 0. The lowest BCUT2D eigenvalue weighted by molar-refractivity contribution is 0.148. The Labute approximate surface area is 149 Å². The molecule has 0 spiro atoms. The smallest absolute Gasteiger partial charge is 0.203 e. The van der Waals surface area contributed by atoms with Crippen molar-refractivity contribution in [3.05, 3.63) is 40.1 Å². The lowest BCUT2D eigenvalue weighted by atomic mass is 9.85. The normalized spacial score (nSPS) is 13.6. The minimum absolute atomic E-state index is 0.0568. The van der Waals surface area contributed by atoms with Crippen LogP contribution in [0.3, 0.4) is 0 Å². The summed E-state index contributed by atoms with van der Waals surface area (Å²) in [5.41, 5.74) is 1.10. The molecule has 0 aliphatic carbocycles. The van der Waals surface area contributed by atoms with Gasteiger partial charge in [-0.25, -0.2) is 0 Å². The molecule has 2 aromatic rings. The number of methoxy groups -OCH3 is 3. The molecule has 0 fully saturated rings. The highest BCUT2D eigenvalue weighted by Gasteiger charge is 2.34. The summed E-state index contributed by atoms with van der Waals surface area (Å²) in [6, 6.07) is 8.42. The molecule has 132 valence electrons. The number of rotatable bonds is 8. The molecular formula is C19H27NO3S. The highest BCUT2D eigenvalue weighted by atomic mass is 32.1. The Balaban J connectivity index is 2.50. The Morgan fingerprint density at radius 1 is 1.04 bits per heavy atom. The molecule has 0 saturated carbocycles. The van der Waals surface area contributed by atoms with E-state index in [0.717, 1.165) is 18.4 Å². The standard InChI is InChI=1S/C19H27NO3S/c1-7-19(20(2)3,17-9-8-10-24-17)13-14-11-15(21-4)18(23-6)16(12-14)22-5/h8-12H,7,13H2,1-6H3. The minimum Gasteiger partial charge on any atom is -0.493 e. The van der Waals surface area contributed by atoms with Crippen LogP contribution in [0.5, 0.6) is 17.2 Å². The Kier molecular flexibility index (Phi) is 6.13. The van der Waals surface area contributed by atoms with Gasteiger partial charge in [0.15, 0.2) is 11.5 Å². The first-order valence-electron chi connectivity index (χ1n) is 8.02. The number of thiophene rings is 1. The molecule has 1 unspecified atom stereocenters. The van der Waals surface area contributed by atoms with Crippen LogP contribution in [0.1, 0.15) is 23.8 Å². The first-order chi connectivity index (χ1) is 11.5. The van der Waals surface area contributed by atoms with Crippen LogP contribution in [0.25, 0.3) is 0 Å². The summed E-state index contributed by atoms with van der Waals surface area (Å²) in [5.74, 6) is 2.02. The van der Waals surface area contributed by atoms with Crippen LogP contribution in [0.15, 0.2) is 29.6 Å². The topological polar surface area (TPSA) is 30.9 Å². The molecule has 0 radical (unpaired) electrons. The maximum atomic E-state index is 5.50. The zero-order valence-corrected chi connectivity index (χ0v) is 16.2. The molecule has 1 aromatic carbocycles. The van der Waals surface area contributed by atoms with E-state index >= 15 is 0 Å². The van der Waals surface area contributed by atoms with Crippen molar-refractivity contribution in [2.75, 3.05) is 35.4 Å². The van der Waals surface area contributed by atoms with Gasteiger partial charge in [0, 0.05) is 4.88 Å². The maximum Gasteiger partial charge on any atom is 0.203 e. The van der Waals surface area contributed by atoms with E-state index < -0.39 is 0 Å². The predicted octanol–water partition coefficient (Wildman–Crippen LogP) is 4.18. The second-order valence-electron chi connectivity index (χ2n) is 5.97. The van der Waals surface area contributed by atoms with Crippen LogP contribution in [0, 0.1) is 0 Å². The van der Waals surface area contributed by atoms with Crippen LogP contribution in [0.2, 0.25) is 0 Å². The van der Waals surface area contributed by atoms with Crippen LogP contribution in [-0.4, -0.2) is 40.3 Å². The van der Waals surface area contributed by atoms with E-state index in [0.29, 0.717) is 17.2 Å². The molecule has 4 nitrogen and oxygen atoms in total. The summed E-state index contributed by atoms with van der Waals surface area (Å²) in [6.45, 7) is 2.23. The van der Waals surface area contributed by atoms with Gasteiger partial charge in [0.25, 0.3) is 0 Å². The van der Waals surface area contributed by atoms with Gasteiger partial charge >= 0.3 is 0 Å². The van der Waals surface area contributed by atoms with Gasteiger partial charge in [-0.05, 0) is 56.1 Å². The monoisotopic (exact) mass is 349 g/mol. The lowest BCUT2D eigenvalue weighted by Gasteiger charge is -2.39. The van der Waals surface area contributed by atoms with E-state index in [1.54, 1.807) is 32.7 Å². The number of hydrogen-bond acceptors (Lipinski definition) is 5. The zero-order valence-electron chi connectivity index (χ0n) is 15.4. The summed E-state index contributed by atoms with van der Waals surface area (Å²) in [5, 5.41) is 2.14. The fourth-order valence-electron chi connectivity index (χ4n) is 3.20. The molecule has 24 heavy (non-hydrogen) atoms. The molecule has 0 bridgehead atoms. The molecule has 0 aliphatic heterocycles. The molecule has 0 aliphatic rings. The fourth-order valence-corrected chi connectivity index (χ4v) is 4.28. The fraction of sp³-hybridized carbons (Fsp3) is 0.474. The van der Waals surface area contributed by atoms with Crippen LogP contribution < -0.4 is 14.2 Å². The van der Waals surface area contributed by atoms with Crippen molar-refractivity contribution < 1.29 is 14.2 Å². The van der Waals surface area contributed by atoms with Gasteiger partial charge in [0.1, 0.15) is 0 Å². The van der Waals surface area contributed by atoms with E-state index in [2.05, 4.69) is 43.4 Å². The van der Waals surface area contributed by atoms with Crippen LogP contribution in [-0.2, 0) is 12.0 Å². The second-order valence-corrected chi connectivity index (χ2v) is 6.91. The Hall–Kier alpha value is -1.72.